The van der Waals surface area contributed by atoms with Gasteiger partial charge in [-0.05, 0) is 13.3 Å². The summed E-state index contributed by atoms with van der Waals surface area (Å²) in [4.78, 5) is 24.4. The molecule has 37 heavy (non-hydrogen) atoms. The Morgan fingerprint density at radius 2 is 1.43 bits per heavy atom. The maximum Gasteiger partial charge on any atom is 0.422 e. The summed E-state index contributed by atoms with van der Waals surface area (Å²) in [6.45, 7) is 1.59. The van der Waals surface area contributed by atoms with Gasteiger partial charge >= 0.3 is 24.3 Å². The van der Waals surface area contributed by atoms with E-state index in [-0.39, 0.29) is 0 Å². The monoisotopic (exact) mass is 556 g/mol. The zero-order valence-corrected chi connectivity index (χ0v) is 18.3. The number of carbonyl (C=O) groups excluding carboxylic acids is 2. The Balaban J connectivity index is 1.55. The van der Waals surface area contributed by atoms with Gasteiger partial charge in [0.2, 0.25) is 6.10 Å². The number of fused-ring (bicyclic) bond motifs is 3. The highest BCUT2D eigenvalue weighted by molar-refractivity contribution is 5.84. The molecular formula is C20H14F10O7. The lowest BCUT2D eigenvalue weighted by Gasteiger charge is -2.29. The fourth-order valence-corrected chi connectivity index (χ4v) is 3.97. The standard InChI is InChI=1S/C20H14F10O7/c1-3-18(2,20(28,29)30)17(32)36-12-10-11(33-14(12)31)13-16(34-10)37-15(35-13)4-6(21)8(23)5(19(25,26)27)9(24)7(4)22/h10-13,15-16H,3H2,1-2H3. The predicted octanol–water partition coefficient (Wildman–Crippen LogP) is 4.22. The molecule has 206 valence electrons. The number of halogens is 10. The van der Waals surface area contributed by atoms with Crippen LogP contribution in [0.4, 0.5) is 43.9 Å². The molecule has 4 rings (SSSR count). The zero-order chi connectivity index (χ0) is 27.8. The van der Waals surface area contributed by atoms with Crippen molar-refractivity contribution in [2.24, 2.45) is 5.41 Å². The molecular weight excluding hydrogens is 542 g/mol. The van der Waals surface area contributed by atoms with Crippen LogP contribution in [-0.2, 0) is 39.4 Å². The van der Waals surface area contributed by atoms with Crippen LogP contribution in [0.2, 0.25) is 0 Å². The van der Waals surface area contributed by atoms with Gasteiger partial charge in [-0.3, -0.25) is 4.79 Å². The largest absolute Gasteiger partial charge is 0.454 e. The Morgan fingerprint density at radius 1 is 0.865 bits per heavy atom. The number of esters is 2. The lowest BCUT2D eigenvalue weighted by molar-refractivity contribution is -0.237. The normalized spacial score (nSPS) is 31.1. The van der Waals surface area contributed by atoms with E-state index in [4.69, 9.17) is 23.7 Å². The summed E-state index contributed by atoms with van der Waals surface area (Å²) >= 11 is 0. The van der Waals surface area contributed by atoms with Crippen LogP contribution in [0.15, 0.2) is 0 Å². The van der Waals surface area contributed by atoms with Crippen molar-refractivity contribution in [2.45, 2.75) is 69.6 Å². The van der Waals surface area contributed by atoms with Gasteiger partial charge < -0.3 is 23.7 Å². The molecule has 0 aliphatic carbocycles. The third-order valence-electron chi connectivity index (χ3n) is 6.36. The number of carbonyl (C=O) groups is 2. The molecule has 7 atom stereocenters. The fourth-order valence-electron chi connectivity index (χ4n) is 3.97. The quantitative estimate of drug-likeness (QED) is 0.312. The molecule has 3 heterocycles. The third-order valence-corrected chi connectivity index (χ3v) is 6.36. The molecule has 17 heteroatoms. The molecule has 0 amide bonds. The van der Waals surface area contributed by atoms with Gasteiger partial charge in [-0.1, -0.05) is 6.92 Å². The third kappa shape index (κ3) is 4.10. The lowest BCUT2D eigenvalue weighted by atomic mass is 9.87. The van der Waals surface area contributed by atoms with E-state index in [0.29, 0.717) is 6.92 Å². The van der Waals surface area contributed by atoms with E-state index in [9.17, 15) is 53.5 Å². The minimum Gasteiger partial charge on any atom is -0.454 e. The molecule has 1 aromatic rings. The first-order chi connectivity index (χ1) is 16.9. The van der Waals surface area contributed by atoms with E-state index < -0.39 is 108 Å². The summed E-state index contributed by atoms with van der Waals surface area (Å²) < 4.78 is 160. The van der Waals surface area contributed by atoms with E-state index in [0.717, 1.165) is 6.92 Å². The van der Waals surface area contributed by atoms with Gasteiger partial charge in [0.25, 0.3) is 0 Å². The van der Waals surface area contributed by atoms with E-state index in [2.05, 4.69) is 0 Å². The molecule has 0 saturated carbocycles. The van der Waals surface area contributed by atoms with Crippen LogP contribution in [-0.4, -0.2) is 48.8 Å². The first-order valence-electron chi connectivity index (χ1n) is 10.3. The minimum absolute atomic E-state index is 0.541. The second-order valence-electron chi connectivity index (χ2n) is 8.49. The molecule has 7 unspecified atom stereocenters. The molecule has 0 aromatic heterocycles. The average Bonchev–Trinajstić information content (AvgIpc) is 3.41. The summed E-state index contributed by atoms with van der Waals surface area (Å²) in [7, 11) is 0. The van der Waals surface area contributed by atoms with Crippen molar-refractivity contribution in [2.75, 3.05) is 0 Å². The summed E-state index contributed by atoms with van der Waals surface area (Å²) in [5, 5.41) is 0. The van der Waals surface area contributed by atoms with Crippen LogP contribution < -0.4 is 0 Å². The number of rotatable bonds is 4. The van der Waals surface area contributed by atoms with Gasteiger partial charge in [-0.15, -0.1) is 0 Å². The van der Waals surface area contributed by atoms with Crippen LogP contribution in [0.25, 0.3) is 0 Å². The first kappa shape index (κ1) is 27.4. The molecule has 0 N–H and O–H groups in total. The average molecular weight is 556 g/mol. The molecule has 0 spiro atoms. The molecule has 3 aliphatic rings. The molecule has 3 fully saturated rings. The molecule has 1 aromatic carbocycles. The molecule has 0 bridgehead atoms. The van der Waals surface area contributed by atoms with Crippen LogP contribution in [0, 0.1) is 28.7 Å². The second kappa shape index (κ2) is 8.69. The van der Waals surface area contributed by atoms with E-state index in [1.54, 1.807) is 0 Å². The highest BCUT2D eigenvalue weighted by atomic mass is 19.4. The zero-order valence-electron chi connectivity index (χ0n) is 18.3. The van der Waals surface area contributed by atoms with Gasteiger partial charge in [-0.2, -0.15) is 26.3 Å². The van der Waals surface area contributed by atoms with Gasteiger partial charge in [0.1, 0.15) is 11.7 Å². The Labute approximate surface area is 199 Å². The summed E-state index contributed by atoms with van der Waals surface area (Å²) in [5.74, 6) is -13.7. The molecule has 0 radical (unpaired) electrons. The highest BCUT2D eigenvalue weighted by Crippen LogP contribution is 2.48. The van der Waals surface area contributed by atoms with Crippen LogP contribution in [0.3, 0.4) is 0 Å². The highest BCUT2D eigenvalue weighted by Gasteiger charge is 2.65. The van der Waals surface area contributed by atoms with Crippen LogP contribution in [0.1, 0.15) is 37.7 Å². The molecule has 7 nitrogen and oxygen atoms in total. The molecule has 3 aliphatic heterocycles. The Hall–Kier alpha value is -2.66. The Kier molecular flexibility index (Phi) is 6.43. The predicted molar refractivity (Wildman–Crippen MR) is 92.8 cm³/mol. The number of alkyl halides is 6. The van der Waals surface area contributed by atoms with Gasteiger partial charge in [0.05, 0.1) is 5.56 Å². The smallest absolute Gasteiger partial charge is 0.422 e. The van der Waals surface area contributed by atoms with E-state index >= 15 is 0 Å². The van der Waals surface area contributed by atoms with Crippen molar-refractivity contribution in [3.05, 3.63) is 34.4 Å². The van der Waals surface area contributed by atoms with Crippen molar-refractivity contribution in [3.63, 3.8) is 0 Å². The maximum absolute atomic E-state index is 14.3. The topological polar surface area (TPSA) is 80.3 Å². The SMILES string of the molecule is CCC(C)(C(=O)OC1C(=O)OC2C3OC(c4c(F)c(F)c(C(F)(F)F)c(F)c4F)OC3OC12)C(F)(F)F. The summed E-state index contributed by atoms with van der Waals surface area (Å²) in [6, 6.07) is 0. The summed E-state index contributed by atoms with van der Waals surface area (Å²) in [5.41, 5.74) is -7.54. The van der Waals surface area contributed by atoms with Gasteiger partial charge in [0, 0.05) is 0 Å². The Bertz CT molecular complexity index is 1110. The Morgan fingerprint density at radius 3 is 1.92 bits per heavy atom. The number of ether oxygens (including phenoxy) is 5. The maximum atomic E-state index is 14.3. The second-order valence-corrected chi connectivity index (χ2v) is 8.49. The van der Waals surface area contributed by atoms with Crippen molar-refractivity contribution in [1.82, 2.24) is 0 Å². The molecule has 3 saturated heterocycles. The van der Waals surface area contributed by atoms with E-state index in [1.165, 1.54) is 0 Å². The van der Waals surface area contributed by atoms with Crippen molar-refractivity contribution >= 4 is 11.9 Å². The van der Waals surface area contributed by atoms with Crippen LogP contribution in [0.5, 0.6) is 0 Å². The van der Waals surface area contributed by atoms with Crippen molar-refractivity contribution < 1.29 is 77.2 Å². The number of benzene rings is 1. The number of hydrogen-bond acceptors (Lipinski definition) is 7. The van der Waals surface area contributed by atoms with Gasteiger partial charge in [0.15, 0.2) is 53.5 Å². The lowest BCUT2D eigenvalue weighted by Crippen LogP contribution is -2.47. The fraction of sp³-hybridized carbons (Fsp3) is 0.600. The van der Waals surface area contributed by atoms with Crippen molar-refractivity contribution in [1.29, 1.82) is 0 Å². The minimum atomic E-state index is -5.79. The first-order valence-corrected chi connectivity index (χ1v) is 10.3. The summed E-state index contributed by atoms with van der Waals surface area (Å²) in [6.07, 6.45) is -22.5. The number of hydrogen-bond donors (Lipinski definition) is 0. The van der Waals surface area contributed by atoms with E-state index in [1.807, 2.05) is 0 Å². The van der Waals surface area contributed by atoms with Crippen molar-refractivity contribution in [3.8, 4) is 0 Å². The van der Waals surface area contributed by atoms with Gasteiger partial charge in [-0.25, -0.2) is 22.4 Å². The van der Waals surface area contributed by atoms with Crippen LogP contribution >= 0.6 is 0 Å².